The Kier molecular flexibility index (Phi) is 7.92. The van der Waals surface area contributed by atoms with Crippen molar-refractivity contribution in [3.05, 3.63) is 59.9 Å². The SMILES string of the molecule is COC(=O)[C@H](Cc1ccc(NC(Cl)(Cl)c2ccncc2)cc1)NC(=O)OC(C)(C)C. The molecule has 0 aliphatic carbocycles. The van der Waals surface area contributed by atoms with Gasteiger partial charge in [0, 0.05) is 30.1 Å². The summed E-state index contributed by atoms with van der Waals surface area (Å²) in [6, 6.07) is 9.68. The maximum Gasteiger partial charge on any atom is 0.408 e. The molecule has 1 heterocycles. The lowest BCUT2D eigenvalue weighted by molar-refractivity contribution is -0.143. The van der Waals surface area contributed by atoms with Crippen molar-refractivity contribution in [2.75, 3.05) is 12.4 Å². The smallest absolute Gasteiger partial charge is 0.408 e. The third-order valence-electron chi connectivity index (χ3n) is 3.91. The Hall–Kier alpha value is -2.51. The summed E-state index contributed by atoms with van der Waals surface area (Å²) in [5, 5.41) is 5.58. The number of esters is 1. The zero-order valence-electron chi connectivity index (χ0n) is 17.2. The van der Waals surface area contributed by atoms with Gasteiger partial charge in [-0.2, -0.15) is 0 Å². The molecule has 162 valence electrons. The van der Waals surface area contributed by atoms with E-state index in [1.165, 1.54) is 7.11 Å². The number of benzene rings is 1. The van der Waals surface area contributed by atoms with Crippen LogP contribution in [0.15, 0.2) is 48.8 Å². The standard InChI is InChI=1S/C21H25Cl2N3O4/c1-20(2,3)30-19(28)25-17(18(27)29-4)13-14-5-7-16(8-6-14)26-21(22,23)15-9-11-24-12-10-15/h5-12,17,26H,13H2,1-4H3,(H,25,28)/t17-/m0/s1. The van der Waals surface area contributed by atoms with Crippen molar-refractivity contribution in [1.82, 2.24) is 10.3 Å². The van der Waals surface area contributed by atoms with Crippen LogP contribution < -0.4 is 10.6 Å². The molecule has 1 aromatic carbocycles. The van der Waals surface area contributed by atoms with Crippen molar-refractivity contribution < 1.29 is 19.1 Å². The van der Waals surface area contributed by atoms with Crippen LogP contribution in [0.25, 0.3) is 0 Å². The molecule has 2 aromatic rings. The molecule has 1 atom stereocenters. The Labute approximate surface area is 186 Å². The van der Waals surface area contributed by atoms with E-state index < -0.39 is 28.2 Å². The molecular formula is C21H25Cl2N3O4. The van der Waals surface area contributed by atoms with Crippen LogP contribution in [0.5, 0.6) is 0 Å². The van der Waals surface area contributed by atoms with Crippen LogP contribution in [0.2, 0.25) is 0 Å². The molecule has 1 amide bonds. The van der Waals surface area contributed by atoms with Crippen molar-refractivity contribution in [1.29, 1.82) is 0 Å². The van der Waals surface area contributed by atoms with Crippen molar-refractivity contribution in [2.45, 2.75) is 43.3 Å². The van der Waals surface area contributed by atoms with E-state index in [1.807, 2.05) is 0 Å². The average molecular weight is 454 g/mol. The van der Waals surface area contributed by atoms with Crippen LogP contribution in [-0.2, 0) is 25.1 Å². The predicted molar refractivity (Wildman–Crippen MR) is 117 cm³/mol. The Balaban J connectivity index is 2.06. The van der Waals surface area contributed by atoms with Gasteiger partial charge < -0.3 is 20.1 Å². The van der Waals surface area contributed by atoms with Gasteiger partial charge in [0.25, 0.3) is 0 Å². The highest BCUT2D eigenvalue weighted by Crippen LogP contribution is 2.34. The van der Waals surface area contributed by atoms with Crippen LogP contribution in [-0.4, -0.2) is 35.8 Å². The van der Waals surface area contributed by atoms with Crippen LogP contribution in [0.1, 0.15) is 31.9 Å². The number of nitrogens with one attached hydrogen (secondary N) is 2. The second kappa shape index (κ2) is 10.00. The van der Waals surface area contributed by atoms with Gasteiger partial charge in [-0.3, -0.25) is 4.98 Å². The maximum absolute atomic E-state index is 12.1. The summed E-state index contributed by atoms with van der Waals surface area (Å²) in [6.45, 7) is 5.22. The minimum atomic E-state index is -1.34. The summed E-state index contributed by atoms with van der Waals surface area (Å²) < 4.78 is 8.67. The molecule has 0 spiro atoms. The van der Waals surface area contributed by atoms with Gasteiger partial charge in [0.2, 0.25) is 4.46 Å². The first-order chi connectivity index (χ1) is 14.0. The summed E-state index contributed by atoms with van der Waals surface area (Å²) in [7, 11) is 1.26. The van der Waals surface area contributed by atoms with Gasteiger partial charge in [-0.15, -0.1) is 0 Å². The van der Waals surface area contributed by atoms with Crippen molar-refractivity contribution in [3.63, 3.8) is 0 Å². The van der Waals surface area contributed by atoms with Gasteiger partial charge >= 0.3 is 12.1 Å². The van der Waals surface area contributed by atoms with Crippen LogP contribution in [0, 0.1) is 0 Å². The summed E-state index contributed by atoms with van der Waals surface area (Å²) in [6.07, 6.45) is 2.74. The number of hydrogen-bond donors (Lipinski definition) is 2. The fourth-order valence-electron chi connectivity index (χ4n) is 2.56. The van der Waals surface area contributed by atoms with E-state index in [0.29, 0.717) is 11.3 Å². The first-order valence-electron chi connectivity index (χ1n) is 9.23. The van der Waals surface area contributed by atoms with E-state index in [2.05, 4.69) is 15.6 Å². The molecular weight excluding hydrogens is 429 g/mol. The van der Waals surface area contributed by atoms with Crippen molar-refractivity contribution in [3.8, 4) is 0 Å². The molecule has 9 heteroatoms. The number of halogens is 2. The largest absolute Gasteiger partial charge is 0.467 e. The first kappa shape index (κ1) is 23.8. The lowest BCUT2D eigenvalue weighted by atomic mass is 10.1. The van der Waals surface area contributed by atoms with E-state index in [1.54, 1.807) is 69.6 Å². The molecule has 2 N–H and O–H groups in total. The zero-order valence-corrected chi connectivity index (χ0v) is 18.8. The summed E-state index contributed by atoms with van der Waals surface area (Å²) in [4.78, 5) is 28.1. The Bertz CT molecular complexity index is 853. The Morgan fingerprint density at radius 3 is 2.20 bits per heavy atom. The minimum absolute atomic E-state index is 0.226. The number of hydrogen-bond acceptors (Lipinski definition) is 6. The number of nitrogens with zero attached hydrogens (tertiary/aromatic N) is 1. The number of carbonyl (C=O) groups is 2. The summed E-state index contributed by atoms with van der Waals surface area (Å²) in [5.74, 6) is -0.568. The molecule has 0 radical (unpaired) electrons. The molecule has 2 rings (SSSR count). The highest BCUT2D eigenvalue weighted by atomic mass is 35.5. The Morgan fingerprint density at radius 1 is 1.07 bits per heavy atom. The molecule has 0 fully saturated rings. The van der Waals surface area contributed by atoms with Crippen molar-refractivity contribution in [2.24, 2.45) is 0 Å². The summed E-state index contributed by atoms with van der Waals surface area (Å²) >= 11 is 12.8. The van der Waals surface area contributed by atoms with E-state index in [-0.39, 0.29) is 6.42 Å². The van der Waals surface area contributed by atoms with E-state index in [9.17, 15) is 9.59 Å². The predicted octanol–water partition coefficient (Wildman–Crippen LogP) is 4.39. The van der Waals surface area contributed by atoms with Crippen LogP contribution in [0.4, 0.5) is 10.5 Å². The molecule has 0 saturated heterocycles. The highest BCUT2D eigenvalue weighted by Gasteiger charge is 2.27. The van der Waals surface area contributed by atoms with Crippen LogP contribution >= 0.6 is 23.2 Å². The van der Waals surface area contributed by atoms with E-state index in [0.717, 1.165) is 5.56 Å². The number of aromatic nitrogens is 1. The van der Waals surface area contributed by atoms with Gasteiger partial charge in [-0.1, -0.05) is 35.3 Å². The number of methoxy groups -OCH3 is 1. The lowest BCUT2D eigenvalue weighted by Gasteiger charge is -2.23. The second-order valence-electron chi connectivity index (χ2n) is 7.56. The number of carbonyl (C=O) groups excluding carboxylic acids is 2. The topological polar surface area (TPSA) is 89.5 Å². The van der Waals surface area contributed by atoms with Gasteiger partial charge in [-0.05, 0) is 50.6 Å². The number of alkyl carbamates (subject to hydrolysis) is 1. The molecule has 30 heavy (non-hydrogen) atoms. The third kappa shape index (κ3) is 7.39. The van der Waals surface area contributed by atoms with Crippen LogP contribution in [0.3, 0.4) is 0 Å². The molecule has 7 nitrogen and oxygen atoms in total. The van der Waals surface area contributed by atoms with Gasteiger partial charge in [0.15, 0.2) is 0 Å². The highest BCUT2D eigenvalue weighted by molar-refractivity contribution is 6.49. The van der Waals surface area contributed by atoms with E-state index in [4.69, 9.17) is 32.7 Å². The first-order valence-corrected chi connectivity index (χ1v) is 9.98. The molecule has 0 saturated carbocycles. The minimum Gasteiger partial charge on any atom is -0.467 e. The van der Waals surface area contributed by atoms with Crippen molar-refractivity contribution >= 4 is 41.0 Å². The number of anilines is 1. The van der Waals surface area contributed by atoms with Gasteiger partial charge in [0.1, 0.15) is 11.6 Å². The fourth-order valence-corrected chi connectivity index (χ4v) is 3.03. The maximum atomic E-state index is 12.1. The quantitative estimate of drug-likeness (QED) is 0.367. The molecule has 1 aromatic heterocycles. The van der Waals surface area contributed by atoms with E-state index >= 15 is 0 Å². The summed E-state index contributed by atoms with van der Waals surface area (Å²) in [5.41, 5.74) is 1.45. The Morgan fingerprint density at radius 2 is 1.67 bits per heavy atom. The normalized spacial score (nSPS) is 12.6. The molecule has 0 aliphatic heterocycles. The fraction of sp³-hybridized carbons (Fsp3) is 0.381. The number of amides is 1. The third-order valence-corrected chi connectivity index (χ3v) is 4.54. The number of pyridine rings is 1. The molecule has 0 aliphatic rings. The second-order valence-corrected chi connectivity index (χ2v) is 8.89. The molecule has 0 unspecified atom stereocenters. The zero-order chi connectivity index (χ0) is 22.4. The number of rotatable bonds is 7. The monoisotopic (exact) mass is 453 g/mol. The van der Waals surface area contributed by atoms with Gasteiger partial charge in [0.05, 0.1) is 7.11 Å². The van der Waals surface area contributed by atoms with Gasteiger partial charge in [-0.25, -0.2) is 9.59 Å². The average Bonchev–Trinajstić information content (AvgIpc) is 2.67. The number of alkyl halides is 2. The lowest BCUT2D eigenvalue weighted by Crippen LogP contribution is -2.45. The molecule has 0 bridgehead atoms. The number of ether oxygens (including phenoxy) is 2.